The molecule has 0 unspecified atom stereocenters. The van der Waals surface area contributed by atoms with Crippen LogP contribution in [0.25, 0.3) is 21.3 Å². The third kappa shape index (κ3) is 3.62. The van der Waals surface area contributed by atoms with Gasteiger partial charge in [-0.25, -0.2) is 4.98 Å². The first kappa shape index (κ1) is 17.3. The predicted molar refractivity (Wildman–Crippen MR) is 101 cm³/mol. The van der Waals surface area contributed by atoms with Crippen LogP contribution in [0.3, 0.4) is 0 Å². The molecule has 0 radical (unpaired) electrons. The number of hydrogen-bond acceptors (Lipinski definition) is 5. The first-order chi connectivity index (χ1) is 12.0. The summed E-state index contributed by atoms with van der Waals surface area (Å²) < 4.78 is 0. The van der Waals surface area contributed by atoms with Crippen LogP contribution in [0, 0.1) is 13.8 Å². The van der Waals surface area contributed by atoms with Gasteiger partial charge in [-0.3, -0.25) is 9.59 Å². The molecule has 0 spiro atoms. The molecule has 3 N–H and O–H groups in total. The first-order valence-electron chi connectivity index (χ1n) is 8.00. The second-order valence-electron chi connectivity index (χ2n) is 5.87. The van der Waals surface area contributed by atoms with Crippen molar-refractivity contribution >= 4 is 27.5 Å². The van der Waals surface area contributed by atoms with E-state index in [1.807, 2.05) is 38.1 Å². The number of nitrogens with one attached hydrogen (secondary N) is 3. The minimum atomic E-state index is -0.151. The Hall–Kier alpha value is -2.51. The van der Waals surface area contributed by atoms with Crippen LogP contribution in [0.1, 0.15) is 16.3 Å². The number of fused-ring (bicyclic) bond motifs is 1. The van der Waals surface area contributed by atoms with Crippen LogP contribution in [0.15, 0.2) is 29.1 Å². The molecule has 3 aromatic rings. The lowest BCUT2D eigenvalue weighted by molar-refractivity contribution is -0.119. The van der Waals surface area contributed by atoms with E-state index in [0.717, 1.165) is 16.0 Å². The predicted octanol–water partition coefficient (Wildman–Crippen LogP) is 2.10. The van der Waals surface area contributed by atoms with Crippen LogP contribution in [0.5, 0.6) is 0 Å². The van der Waals surface area contributed by atoms with Gasteiger partial charge in [0.1, 0.15) is 10.7 Å². The summed E-state index contributed by atoms with van der Waals surface area (Å²) in [5, 5.41) is 6.12. The molecule has 0 atom stereocenters. The molecule has 0 aliphatic carbocycles. The van der Waals surface area contributed by atoms with E-state index in [0.29, 0.717) is 22.6 Å². The molecule has 1 amide bonds. The molecule has 2 heterocycles. The summed E-state index contributed by atoms with van der Waals surface area (Å²) in [6, 6.07) is 8.14. The number of aromatic nitrogens is 2. The highest BCUT2D eigenvalue weighted by molar-refractivity contribution is 7.19. The molecule has 0 bridgehead atoms. The van der Waals surface area contributed by atoms with Crippen molar-refractivity contribution in [3.63, 3.8) is 0 Å². The van der Waals surface area contributed by atoms with Gasteiger partial charge in [-0.2, -0.15) is 0 Å². The average Bonchev–Trinajstić information content (AvgIpc) is 2.92. The van der Waals surface area contributed by atoms with Crippen LogP contribution in [0.4, 0.5) is 0 Å². The fraction of sp³-hybridized carbons (Fsp3) is 0.278. The van der Waals surface area contributed by atoms with E-state index >= 15 is 0 Å². The van der Waals surface area contributed by atoms with Crippen LogP contribution in [-0.2, 0) is 11.3 Å². The van der Waals surface area contributed by atoms with Crippen LogP contribution < -0.4 is 16.2 Å². The van der Waals surface area contributed by atoms with Crippen molar-refractivity contribution in [2.45, 2.75) is 20.4 Å². The van der Waals surface area contributed by atoms with Crippen LogP contribution in [-0.4, -0.2) is 29.5 Å². The smallest absolute Gasteiger partial charge is 0.260 e. The Kier molecular flexibility index (Phi) is 4.96. The van der Waals surface area contributed by atoms with E-state index in [1.165, 1.54) is 16.9 Å². The zero-order valence-corrected chi connectivity index (χ0v) is 15.2. The zero-order valence-electron chi connectivity index (χ0n) is 14.4. The van der Waals surface area contributed by atoms with Crippen molar-refractivity contribution in [1.82, 2.24) is 20.6 Å². The van der Waals surface area contributed by atoms with Crippen LogP contribution in [0.2, 0.25) is 0 Å². The highest BCUT2D eigenvalue weighted by atomic mass is 32.1. The Bertz CT molecular complexity index is 973. The van der Waals surface area contributed by atoms with Gasteiger partial charge in [0.05, 0.1) is 18.5 Å². The van der Waals surface area contributed by atoms with Crippen molar-refractivity contribution in [3.8, 4) is 11.1 Å². The quantitative estimate of drug-likeness (QED) is 0.653. The van der Waals surface area contributed by atoms with Gasteiger partial charge in [-0.1, -0.05) is 29.8 Å². The van der Waals surface area contributed by atoms with E-state index in [1.54, 1.807) is 7.05 Å². The number of carbonyl (C=O) groups excluding carboxylic acids is 1. The van der Waals surface area contributed by atoms with E-state index in [4.69, 9.17) is 0 Å². The first-order valence-corrected chi connectivity index (χ1v) is 8.82. The summed E-state index contributed by atoms with van der Waals surface area (Å²) in [6.45, 7) is 4.55. The SMILES string of the molecule is CNC(=O)CNCc1nc2sc(C)c(-c3ccc(C)cc3)c2c(=O)[nH]1. The van der Waals surface area contributed by atoms with Crippen molar-refractivity contribution < 1.29 is 4.79 Å². The highest BCUT2D eigenvalue weighted by Gasteiger charge is 2.16. The minimum Gasteiger partial charge on any atom is -0.358 e. The molecule has 2 aromatic heterocycles. The largest absolute Gasteiger partial charge is 0.358 e. The number of thiophene rings is 1. The van der Waals surface area contributed by atoms with Gasteiger partial charge in [0.25, 0.3) is 5.56 Å². The minimum absolute atomic E-state index is 0.114. The lowest BCUT2D eigenvalue weighted by Gasteiger charge is -2.05. The summed E-state index contributed by atoms with van der Waals surface area (Å²) in [5.41, 5.74) is 2.99. The number of likely N-dealkylation sites (N-methyl/N-ethyl adjacent to an activating group) is 1. The molecule has 0 aliphatic rings. The van der Waals surface area contributed by atoms with E-state index in [2.05, 4.69) is 20.6 Å². The number of rotatable bonds is 5. The summed E-state index contributed by atoms with van der Waals surface area (Å²) in [7, 11) is 1.58. The summed E-state index contributed by atoms with van der Waals surface area (Å²) in [4.78, 5) is 33.0. The number of aromatic amines is 1. The molecule has 3 rings (SSSR count). The molecule has 0 aliphatic heterocycles. The van der Waals surface area contributed by atoms with Crippen molar-refractivity contribution in [2.75, 3.05) is 13.6 Å². The molecule has 25 heavy (non-hydrogen) atoms. The lowest BCUT2D eigenvalue weighted by Crippen LogP contribution is -2.31. The molecule has 0 saturated heterocycles. The Morgan fingerprint density at radius 3 is 2.64 bits per heavy atom. The third-order valence-electron chi connectivity index (χ3n) is 3.98. The van der Waals surface area contributed by atoms with Crippen molar-refractivity contribution in [1.29, 1.82) is 0 Å². The van der Waals surface area contributed by atoms with Gasteiger partial charge in [0.15, 0.2) is 0 Å². The number of amides is 1. The van der Waals surface area contributed by atoms with Gasteiger partial charge in [-0.15, -0.1) is 11.3 Å². The molecular weight excluding hydrogens is 336 g/mol. The monoisotopic (exact) mass is 356 g/mol. The van der Waals surface area contributed by atoms with Gasteiger partial charge in [0, 0.05) is 17.5 Å². The molecule has 7 heteroatoms. The Morgan fingerprint density at radius 1 is 1.24 bits per heavy atom. The maximum atomic E-state index is 12.6. The molecule has 130 valence electrons. The van der Waals surface area contributed by atoms with Gasteiger partial charge in [0.2, 0.25) is 5.91 Å². The third-order valence-corrected chi connectivity index (χ3v) is 4.98. The van der Waals surface area contributed by atoms with Crippen molar-refractivity contribution in [3.05, 3.63) is 50.9 Å². The maximum Gasteiger partial charge on any atom is 0.260 e. The molecule has 0 saturated carbocycles. The van der Waals surface area contributed by atoms with E-state index in [9.17, 15) is 9.59 Å². The normalized spacial score (nSPS) is 11.0. The second-order valence-corrected chi connectivity index (χ2v) is 7.07. The Labute approximate surface area is 149 Å². The summed E-state index contributed by atoms with van der Waals surface area (Å²) in [6.07, 6.45) is 0. The number of hydrogen-bond donors (Lipinski definition) is 3. The standard InChI is InChI=1S/C18H20N4O2S/c1-10-4-6-12(7-5-10)15-11(2)25-18-16(15)17(24)21-13(22-18)8-20-9-14(23)19-3/h4-7,20H,8-9H2,1-3H3,(H,19,23)(H,21,22,24). The van der Waals surface area contributed by atoms with E-state index in [-0.39, 0.29) is 18.0 Å². The van der Waals surface area contributed by atoms with Gasteiger partial charge < -0.3 is 15.6 Å². The van der Waals surface area contributed by atoms with Gasteiger partial charge in [-0.05, 0) is 19.4 Å². The summed E-state index contributed by atoms with van der Waals surface area (Å²) >= 11 is 1.51. The summed E-state index contributed by atoms with van der Waals surface area (Å²) in [5.74, 6) is 0.412. The molecule has 0 fully saturated rings. The highest BCUT2D eigenvalue weighted by Crippen LogP contribution is 2.35. The fourth-order valence-corrected chi connectivity index (χ4v) is 3.76. The topological polar surface area (TPSA) is 86.9 Å². The lowest BCUT2D eigenvalue weighted by atomic mass is 10.0. The maximum absolute atomic E-state index is 12.6. The molecule has 1 aromatic carbocycles. The number of benzene rings is 1. The Balaban J connectivity index is 1.97. The number of nitrogens with zero attached hydrogens (tertiary/aromatic N) is 1. The second kappa shape index (κ2) is 7.16. The molecule has 6 nitrogen and oxygen atoms in total. The average molecular weight is 356 g/mol. The number of aryl methyl sites for hydroxylation is 2. The fourth-order valence-electron chi connectivity index (χ4n) is 2.70. The number of carbonyl (C=O) groups is 1. The van der Waals surface area contributed by atoms with Crippen molar-refractivity contribution in [2.24, 2.45) is 0 Å². The molecular formula is C18H20N4O2S. The van der Waals surface area contributed by atoms with Crippen LogP contribution >= 0.6 is 11.3 Å². The Morgan fingerprint density at radius 2 is 1.96 bits per heavy atom. The number of H-pyrrole nitrogens is 1. The van der Waals surface area contributed by atoms with E-state index < -0.39 is 0 Å². The zero-order chi connectivity index (χ0) is 18.0. The van der Waals surface area contributed by atoms with Gasteiger partial charge >= 0.3 is 0 Å².